The van der Waals surface area contributed by atoms with Crippen molar-refractivity contribution in [1.29, 1.82) is 0 Å². The lowest BCUT2D eigenvalue weighted by Gasteiger charge is -2.27. The first kappa shape index (κ1) is 9.67. The first-order chi connectivity index (χ1) is 5.61. The molecule has 1 fully saturated rings. The van der Waals surface area contributed by atoms with Gasteiger partial charge in [0.25, 0.3) is 0 Å². The van der Waals surface area contributed by atoms with Crippen LogP contribution in [0.15, 0.2) is 0 Å². The van der Waals surface area contributed by atoms with Crippen LogP contribution in [0, 0.1) is 5.92 Å². The highest BCUT2D eigenvalue weighted by atomic mass is 32.2. The summed E-state index contributed by atoms with van der Waals surface area (Å²) in [5.74, 6) is -1.10. The van der Waals surface area contributed by atoms with E-state index in [1.54, 1.807) is 10.6 Å². The molecule has 0 radical (unpaired) electrons. The average Bonchev–Trinajstić information content (AvgIpc) is 2.04. The van der Waals surface area contributed by atoms with Crippen LogP contribution in [-0.4, -0.2) is 38.9 Å². The van der Waals surface area contributed by atoms with Crippen LogP contribution in [0.4, 0.5) is 0 Å². The van der Waals surface area contributed by atoms with Gasteiger partial charge in [-0.15, -0.1) is 0 Å². The largest absolute Gasteiger partial charge is 0.481 e. The van der Waals surface area contributed by atoms with Crippen LogP contribution in [0.2, 0.25) is 0 Å². The lowest BCUT2D eigenvalue weighted by atomic mass is 10.0. The first-order valence-electron chi connectivity index (χ1n) is 3.92. The fraction of sp³-hybridized carbons (Fsp3) is 0.857. The molecule has 1 heterocycles. The molecule has 0 saturated carbocycles. The Labute approximate surface area is 74.1 Å². The van der Waals surface area contributed by atoms with E-state index in [2.05, 4.69) is 0 Å². The summed E-state index contributed by atoms with van der Waals surface area (Å²) in [7, 11) is -1.02. The van der Waals surface area contributed by atoms with Gasteiger partial charge in [-0.05, 0) is 12.8 Å². The van der Waals surface area contributed by atoms with Crippen LogP contribution < -0.4 is 0 Å². The summed E-state index contributed by atoms with van der Waals surface area (Å²) in [5.41, 5.74) is 0. The number of hydrogen-bond acceptors (Lipinski definition) is 2. The molecule has 0 bridgehead atoms. The summed E-state index contributed by atoms with van der Waals surface area (Å²) in [6.45, 7) is 1.19. The van der Waals surface area contributed by atoms with Crippen molar-refractivity contribution in [3.8, 4) is 0 Å². The van der Waals surface area contributed by atoms with Crippen LogP contribution >= 0.6 is 0 Å². The fourth-order valence-electron chi connectivity index (χ4n) is 1.38. The van der Waals surface area contributed by atoms with Gasteiger partial charge in [-0.25, -0.2) is 8.51 Å². The molecule has 0 aliphatic carbocycles. The molecular weight excluding hydrogens is 178 g/mol. The van der Waals surface area contributed by atoms with Gasteiger partial charge in [0, 0.05) is 19.3 Å². The van der Waals surface area contributed by atoms with Crippen molar-refractivity contribution in [2.24, 2.45) is 5.92 Å². The topological polar surface area (TPSA) is 57.6 Å². The van der Waals surface area contributed by atoms with Gasteiger partial charge in [-0.1, -0.05) is 0 Å². The Hall–Kier alpha value is -0.420. The summed E-state index contributed by atoms with van der Waals surface area (Å²) in [6.07, 6.45) is 3.13. The molecule has 0 spiro atoms. The second-order valence-corrected chi connectivity index (χ2v) is 4.35. The minimum atomic E-state index is -1.02. The van der Waals surface area contributed by atoms with Crippen molar-refractivity contribution in [1.82, 2.24) is 4.31 Å². The summed E-state index contributed by atoms with van der Waals surface area (Å²) >= 11 is 0. The number of carboxylic acid groups (broad SMARTS) is 1. The molecule has 70 valence electrons. The monoisotopic (exact) mass is 191 g/mol. The predicted octanol–water partition coefficient (Wildman–Crippen LogP) is 0.0765. The second kappa shape index (κ2) is 4.00. The van der Waals surface area contributed by atoms with Gasteiger partial charge in [0.2, 0.25) is 0 Å². The van der Waals surface area contributed by atoms with E-state index >= 15 is 0 Å². The smallest absolute Gasteiger partial charge is 0.307 e. The Morgan fingerprint density at radius 1 is 1.67 bits per heavy atom. The SMILES string of the molecule is CS(=O)N1CCC[C@@H](C(=O)O)C1. The molecule has 12 heavy (non-hydrogen) atoms. The van der Waals surface area contributed by atoms with Gasteiger partial charge >= 0.3 is 5.97 Å². The van der Waals surface area contributed by atoms with Crippen molar-refractivity contribution in [2.75, 3.05) is 19.3 Å². The molecule has 1 saturated heterocycles. The average molecular weight is 191 g/mol. The third kappa shape index (κ3) is 2.28. The Kier molecular flexibility index (Phi) is 3.22. The van der Waals surface area contributed by atoms with E-state index in [-0.39, 0.29) is 5.92 Å². The summed E-state index contributed by atoms with van der Waals surface area (Å²) in [5, 5.41) is 8.71. The van der Waals surface area contributed by atoms with E-state index in [0.717, 1.165) is 13.0 Å². The van der Waals surface area contributed by atoms with Gasteiger partial charge in [-0.2, -0.15) is 0 Å². The number of rotatable bonds is 2. The molecule has 1 unspecified atom stereocenters. The van der Waals surface area contributed by atoms with Crippen molar-refractivity contribution in [2.45, 2.75) is 12.8 Å². The molecule has 0 aromatic rings. The summed E-state index contributed by atoms with van der Waals surface area (Å²) in [6, 6.07) is 0. The molecule has 0 aromatic heterocycles. The van der Waals surface area contributed by atoms with E-state index < -0.39 is 17.0 Å². The number of aliphatic carboxylic acids is 1. The number of carboxylic acids is 1. The minimum absolute atomic E-state index is 0.331. The molecule has 1 rings (SSSR count). The van der Waals surface area contributed by atoms with E-state index in [1.165, 1.54) is 0 Å². The maximum atomic E-state index is 11.0. The number of piperidine rings is 1. The number of carbonyl (C=O) groups is 1. The Bertz CT molecular complexity index is 187. The number of nitrogens with zero attached hydrogens (tertiary/aromatic N) is 1. The van der Waals surface area contributed by atoms with Crippen molar-refractivity contribution in [3.63, 3.8) is 0 Å². The molecule has 0 aromatic carbocycles. The van der Waals surface area contributed by atoms with Gasteiger partial charge in [0.05, 0.1) is 16.9 Å². The number of hydrogen-bond donors (Lipinski definition) is 1. The van der Waals surface area contributed by atoms with Crippen LogP contribution in [0.25, 0.3) is 0 Å². The van der Waals surface area contributed by atoms with Crippen molar-refractivity contribution < 1.29 is 14.1 Å². The predicted molar refractivity (Wildman–Crippen MR) is 46.0 cm³/mol. The molecule has 1 N–H and O–H groups in total. The van der Waals surface area contributed by atoms with Gasteiger partial charge in [-0.3, -0.25) is 4.79 Å². The normalized spacial score (nSPS) is 28.2. The molecule has 4 nitrogen and oxygen atoms in total. The molecule has 5 heteroatoms. The zero-order valence-electron chi connectivity index (χ0n) is 7.02. The molecule has 2 atom stereocenters. The third-order valence-electron chi connectivity index (χ3n) is 2.10. The maximum absolute atomic E-state index is 11.0. The van der Waals surface area contributed by atoms with Gasteiger partial charge < -0.3 is 5.11 Å². The maximum Gasteiger partial charge on any atom is 0.307 e. The van der Waals surface area contributed by atoms with E-state index in [4.69, 9.17) is 5.11 Å². The minimum Gasteiger partial charge on any atom is -0.481 e. The first-order valence-corrected chi connectivity index (χ1v) is 5.44. The van der Waals surface area contributed by atoms with Crippen LogP contribution in [0.1, 0.15) is 12.8 Å². The van der Waals surface area contributed by atoms with Crippen molar-refractivity contribution >= 4 is 17.0 Å². The molecule has 1 aliphatic heterocycles. The van der Waals surface area contributed by atoms with E-state index in [1.807, 2.05) is 0 Å². The Morgan fingerprint density at radius 2 is 2.33 bits per heavy atom. The summed E-state index contributed by atoms with van der Waals surface area (Å²) in [4.78, 5) is 10.6. The lowest BCUT2D eigenvalue weighted by molar-refractivity contribution is -0.142. The molecular formula is C7H13NO3S. The van der Waals surface area contributed by atoms with Gasteiger partial charge in [0.1, 0.15) is 0 Å². The quantitative estimate of drug-likeness (QED) is 0.672. The van der Waals surface area contributed by atoms with E-state index in [0.29, 0.717) is 13.0 Å². The standard InChI is InChI=1S/C7H13NO3S/c1-12(11)8-4-2-3-6(5-8)7(9)10/h6H,2-5H2,1H3,(H,9,10)/t6-,12?/m1/s1. The third-order valence-corrected chi connectivity index (χ3v) is 3.16. The van der Waals surface area contributed by atoms with Crippen molar-refractivity contribution in [3.05, 3.63) is 0 Å². The zero-order chi connectivity index (χ0) is 9.14. The summed E-state index contributed by atoms with van der Waals surface area (Å²) < 4.78 is 12.7. The van der Waals surface area contributed by atoms with Crippen LogP contribution in [0.5, 0.6) is 0 Å². The Balaban J connectivity index is 2.51. The highest BCUT2D eigenvalue weighted by Crippen LogP contribution is 2.17. The second-order valence-electron chi connectivity index (χ2n) is 2.99. The lowest BCUT2D eigenvalue weighted by Crippen LogP contribution is -2.39. The molecule has 0 amide bonds. The van der Waals surface area contributed by atoms with Crippen LogP contribution in [0.3, 0.4) is 0 Å². The molecule has 1 aliphatic rings. The highest BCUT2D eigenvalue weighted by Gasteiger charge is 2.26. The zero-order valence-corrected chi connectivity index (χ0v) is 7.84. The fourth-order valence-corrected chi connectivity index (χ4v) is 2.15. The Morgan fingerprint density at radius 3 is 2.83 bits per heavy atom. The van der Waals surface area contributed by atoms with Gasteiger partial charge in [0.15, 0.2) is 0 Å². The van der Waals surface area contributed by atoms with E-state index in [9.17, 15) is 9.00 Å². The highest BCUT2D eigenvalue weighted by molar-refractivity contribution is 7.81. The van der Waals surface area contributed by atoms with Crippen LogP contribution in [-0.2, 0) is 15.8 Å².